The number of carbonyl (C=O) groups is 4. The van der Waals surface area contributed by atoms with E-state index in [-0.39, 0.29) is 12.6 Å². The predicted molar refractivity (Wildman–Crippen MR) is 103 cm³/mol. The summed E-state index contributed by atoms with van der Waals surface area (Å²) in [6.45, 7) is 2.96. The molecular formula is C20H27N3O5. The van der Waals surface area contributed by atoms with E-state index < -0.39 is 30.4 Å². The Morgan fingerprint density at radius 3 is 2.61 bits per heavy atom. The molecular weight excluding hydrogens is 362 g/mol. The summed E-state index contributed by atoms with van der Waals surface area (Å²) < 4.78 is 4.78. The average Bonchev–Trinajstić information content (AvgIpc) is 2.66. The molecule has 1 aromatic carbocycles. The van der Waals surface area contributed by atoms with Crippen LogP contribution in [0.4, 0.5) is 4.79 Å². The molecule has 2 unspecified atom stereocenters. The van der Waals surface area contributed by atoms with Crippen molar-refractivity contribution < 1.29 is 23.9 Å². The monoisotopic (exact) mass is 389 g/mol. The maximum absolute atomic E-state index is 11.9. The predicted octanol–water partition coefficient (Wildman–Crippen LogP) is 1.67. The molecule has 28 heavy (non-hydrogen) atoms. The van der Waals surface area contributed by atoms with Gasteiger partial charge in [-0.2, -0.15) is 0 Å². The molecule has 2 rings (SSSR count). The highest BCUT2D eigenvalue weighted by Gasteiger charge is 2.23. The summed E-state index contributed by atoms with van der Waals surface area (Å²) in [6.07, 6.45) is 4.13. The summed E-state index contributed by atoms with van der Waals surface area (Å²) in [4.78, 5) is 47.2. The molecule has 1 saturated carbocycles. The number of nitrogens with one attached hydrogen (secondary N) is 3. The summed E-state index contributed by atoms with van der Waals surface area (Å²) in [5, 5.41) is 7.35. The first kappa shape index (κ1) is 21.4. The molecule has 152 valence electrons. The molecule has 0 aromatic heterocycles. The second-order valence-corrected chi connectivity index (χ2v) is 7.10. The Morgan fingerprint density at radius 2 is 1.89 bits per heavy atom. The first-order chi connectivity index (χ1) is 13.3. The number of esters is 1. The summed E-state index contributed by atoms with van der Waals surface area (Å²) in [5.74, 6) is -1.53. The number of urea groups is 1. The lowest BCUT2D eigenvalue weighted by molar-refractivity contribution is -0.147. The number of hydrogen-bond donors (Lipinski definition) is 3. The van der Waals surface area contributed by atoms with Gasteiger partial charge in [-0.1, -0.05) is 37.5 Å². The summed E-state index contributed by atoms with van der Waals surface area (Å²) in [5.41, 5.74) is 1.35. The fraction of sp³-hybridized carbons (Fsp3) is 0.500. The molecule has 0 heterocycles. The summed E-state index contributed by atoms with van der Waals surface area (Å²) in [7, 11) is 0. The molecule has 1 aliphatic carbocycles. The average molecular weight is 389 g/mol. The van der Waals surface area contributed by atoms with Gasteiger partial charge in [-0.15, -0.1) is 0 Å². The minimum absolute atomic E-state index is 0.0425. The van der Waals surface area contributed by atoms with E-state index in [1.807, 2.05) is 13.0 Å². The molecule has 4 amide bonds. The smallest absolute Gasteiger partial charge is 0.325 e. The van der Waals surface area contributed by atoms with Crippen molar-refractivity contribution >= 4 is 23.8 Å². The number of hydrogen-bond acceptors (Lipinski definition) is 5. The summed E-state index contributed by atoms with van der Waals surface area (Å²) >= 11 is 0. The van der Waals surface area contributed by atoms with Crippen LogP contribution in [0.25, 0.3) is 0 Å². The minimum atomic E-state index is -0.766. The quantitative estimate of drug-likeness (QED) is 0.641. The highest BCUT2D eigenvalue weighted by atomic mass is 16.5. The van der Waals surface area contributed by atoms with Gasteiger partial charge in [0, 0.05) is 11.6 Å². The van der Waals surface area contributed by atoms with Crippen LogP contribution in [-0.4, -0.2) is 43.0 Å². The lowest BCUT2D eigenvalue weighted by Crippen LogP contribution is -2.48. The molecule has 8 heteroatoms. The second kappa shape index (κ2) is 10.4. The van der Waals surface area contributed by atoms with Gasteiger partial charge in [-0.25, -0.2) is 4.79 Å². The third-order valence-electron chi connectivity index (χ3n) is 4.72. The largest absolute Gasteiger partial charge is 0.454 e. The van der Waals surface area contributed by atoms with E-state index in [1.165, 1.54) is 0 Å². The van der Waals surface area contributed by atoms with E-state index in [9.17, 15) is 19.2 Å². The highest BCUT2D eigenvalue weighted by Crippen LogP contribution is 2.23. The van der Waals surface area contributed by atoms with Gasteiger partial charge in [-0.05, 0) is 37.8 Å². The van der Waals surface area contributed by atoms with Crippen LogP contribution in [0.15, 0.2) is 24.3 Å². The first-order valence-corrected chi connectivity index (χ1v) is 9.46. The Kier molecular flexibility index (Phi) is 7.98. The molecule has 0 spiro atoms. The van der Waals surface area contributed by atoms with Crippen molar-refractivity contribution in [3.63, 3.8) is 0 Å². The van der Waals surface area contributed by atoms with Crippen LogP contribution >= 0.6 is 0 Å². The lowest BCUT2D eigenvalue weighted by Gasteiger charge is -2.29. The Morgan fingerprint density at radius 1 is 1.14 bits per heavy atom. The van der Waals surface area contributed by atoms with Gasteiger partial charge in [0.2, 0.25) is 0 Å². The minimum Gasteiger partial charge on any atom is -0.454 e. The van der Waals surface area contributed by atoms with Gasteiger partial charge in [0.05, 0.1) is 0 Å². The van der Waals surface area contributed by atoms with Crippen molar-refractivity contribution in [2.75, 3.05) is 13.2 Å². The molecule has 0 saturated heterocycles. The number of rotatable bonds is 6. The molecule has 0 aliphatic heterocycles. The van der Waals surface area contributed by atoms with Crippen molar-refractivity contribution in [1.29, 1.82) is 0 Å². The molecule has 8 nitrogen and oxygen atoms in total. The third-order valence-corrected chi connectivity index (χ3v) is 4.72. The Labute approximate surface area is 164 Å². The van der Waals surface area contributed by atoms with Gasteiger partial charge >= 0.3 is 12.0 Å². The zero-order valence-electron chi connectivity index (χ0n) is 16.2. The van der Waals surface area contributed by atoms with E-state index >= 15 is 0 Å². The van der Waals surface area contributed by atoms with E-state index in [0.717, 1.165) is 31.2 Å². The van der Waals surface area contributed by atoms with Gasteiger partial charge in [0.1, 0.15) is 6.54 Å². The van der Waals surface area contributed by atoms with Crippen LogP contribution < -0.4 is 16.0 Å². The molecule has 0 bridgehead atoms. The van der Waals surface area contributed by atoms with Crippen molar-refractivity contribution in [1.82, 2.24) is 16.0 Å². The fourth-order valence-corrected chi connectivity index (χ4v) is 3.14. The van der Waals surface area contributed by atoms with Gasteiger partial charge < -0.3 is 15.4 Å². The Balaban J connectivity index is 1.65. The number of imide groups is 1. The Hall–Kier alpha value is -2.90. The van der Waals surface area contributed by atoms with Crippen LogP contribution in [0.2, 0.25) is 0 Å². The number of benzene rings is 1. The van der Waals surface area contributed by atoms with Gasteiger partial charge in [0.15, 0.2) is 6.61 Å². The molecule has 1 fully saturated rings. The Bertz CT molecular complexity index is 734. The molecule has 0 radical (unpaired) electrons. The van der Waals surface area contributed by atoms with E-state index in [1.54, 1.807) is 18.2 Å². The van der Waals surface area contributed by atoms with E-state index in [4.69, 9.17) is 4.74 Å². The maximum atomic E-state index is 11.9. The number of ether oxygens (including phenoxy) is 1. The molecule has 1 aliphatic rings. The van der Waals surface area contributed by atoms with E-state index in [2.05, 4.69) is 22.9 Å². The second-order valence-electron chi connectivity index (χ2n) is 7.10. The van der Waals surface area contributed by atoms with Crippen LogP contribution in [0.5, 0.6) is 0 Å². The van der Waals surface area contributed by atoms with Gasteiger partial charge in [-0.3, -0.25) is 19.7 Å². The topological polar surface area (TPSA) is 114 Å². The number of carbonyl (C=O) groups excluding carboxylic acids is 4. The molecule has 1 aromatic rings. The van der Waals surface area contributed by atoms with Crippen molar-refractivity contribution in [3.8, 4) is 0 Å². The van der Waals surface area contributed by atoms with Crippen LogP contribution in [0, 0.1) is 12.8 Å². The summed E-state index contributed by atoms with van der Waals surface area (Å²) in [6, 6.07) is 6.38. The van der Waals surface area contributed by atoms with Crippen molar-refractivity contribution in [3.05, 3.63) is 35.4 Å². The third kappa shape index (κ3) is 7.02. The normalized spacial score (nSPS) is 18.6. The van der Waals surface area contributed by atoms with Crippen LogP contribution in [-0.2, 0) is 14.3 Å². The zero-order valence-corrected chi connectivity index (χ0v) is 16.2. The van der Waals surface area contributed by atoms with Crippen LogP contribution in [0.1, 0.15) is 48.5 Å². The van der Waals surface area contributed by atoms with Crippen molar-refractivity contribution in [2.24, 2.45) is 5.92 Å². The van der Waals surface area contributed by atoms with Crippen molar-refractivity contribution in [2.45, 2.75) is 45.6 Å². The highest BCUT2D eigenvalue weighted by molar-refractivity contribution is 5.97. The number of amides is 4. The molecule has 3 N–H and O–H groups in total. The SMILES string of the molecule is Cc1cccc(C(=O)NCC(=O)OCC(=O)NC(=O)NC2CCCCC2C)c1. The first-order valence-electron chi connectivity index (χ1n) is 9.46. The zero-order chi connectivity index (χ0) is 20.5. The van der Waals surface area contributed by atoms with Gasteiger partial charge in [0.25, 0.3) is 11.8 Å². The lowest BCUT2D eigenvalue weighted by atomic mass is 9.86. The van der Waals surface area contributed by atoms with Crippen LogP contribution in [0.3, 0.4) is 0 Å². The fourth-order valence-electron chi connectivity index (χ4n) is 3.14. The van der Waals surface area contributed by atoms with E-state index in [0.29, 0.717) is 11.5 Å². The molecule has 2 atom stereocenters. The standard InChI is InChI=1S/C20H27N3O5/c1-13-6-5-8-15(10-13)19(26)21-11-18(25)28-12-17(24)23-20(27)22-16-9-4-3-7-14(16)2/h5-6,8,10,14,16H,3-4,7,9,11-12H2,1-2H3,(H,21,26)(H2,22,23,24,27). The maximum Gasteiger partial charge on any atom is 0.325 e. The number of aryl methyl sites for hydroxylation is 1.